The Kier molecular flexibility index (Phi) is 4.86. The summed E-state index contributed by atoms with van der Waals surface area (Å²) in [5, 5.41) is 3.46. The lowest BCUT2D eigenvalue weighted by molar-refractivity contribution is 0.102. The number of anilines is 1. The third-order valence-corrected chi connectivity index (χ3v) is 5.04. The molecule has 4 nitrogen and oxygen atoms in total. The molecule has 0 saturated carbocycles. The first-order chi connectivity index (χ1) is 12.0. The number of benzene rings is 2. The molecule has 0 aliphatic heterocycles. The standard InChI is InChI=1S/C20H20N2O2S/c1-12-9-10-15(11-13(12)2)18-14(3)25-20(21-18)22-19(23)16-7-5-6-8-17(16)24-4/h5-11H,1-4H3,(H,21,22,23). The van der Waals surface area contributed by atoms with Crippen LogP contribution in [0.15, 0.2) is 42.5 Å². The summed E-state index contributed by atoms with van der Waals surface area (Å²) >= 11 is 1.47. The smallest absolute Gasteiger partial charge is 0.261 e. The molecule has 0 spiro atoms. The molecule has 0 aliphatic rings. The Bertz CT molecular complexity index is 931. The van der Waals surface area contributed by atoms with Gasteiger partial charge in [-0.15, -0.1) is 11.3 Å². The van der Waals surface area contributed by atoms with Gasteiger partial charge in [-0.25, -0.2) is 4.98 Å². The van der Waals surface area contributed by atoms with E-state index in [-0.39, 0.29) is 5.91 Å². The maximum atomic E-state index is 12.5. The van der Waals surface area contributed by atoms with Gasteiger partial charge in [0.2, 0.25) is 0 Å². The summed E-state index contributed by atoms with van der Waals surface area (Å²) in [6.45, 7) is 6.19. The van der Waals surface area contributed by atoms with Crippen LogP contribution in [0, 0.1) is 20.8 Å². The summed E-state index contributed by atoms with van der Waals surface area (Å²) in [5.41, 5.74) is 4.94. The van der Waals surface area contributed by atoms with E-state index in [1.807, 2.05) is 19.1 Å². The van der Waals surface area contributed by atoms with Gasteiger partial charge in [0.25, 0.3) is 5.91 Å². The van der Waals surface area contributed by atoms with Crippen molar-refractivity contribution in [2.75, 3.05) is 12.4 Å². The van der Waals surface area contributed by atoms with Crippen LogP contribution in [0.2, 0.25) is 0 Å². The maximum absolute atomic E-state index is 12.5. The minimum atomic E-state index is -0.224. The average Bonchev–Trinajstić information content (AvgIpc) is 2.97. The van der Waals surface area contributed by atoms with Crippen LogP contribution in [0.5, 0.6) is 5.75 Å². The molecular formula is C20H20N2O2S. The number of ether oxygens (including phenoxy) is 1. The zero-order valence-corrected chi connectivity index (χ0v) is 15.5. The van der Waals surface area contributed by atoms with Crippen molar-refractivity contribution in [1.29, 1.82) is 0 Å². The van der Waals surface area contributed by atoms with E-state index in [2.05, 4.69) is 42.3 Å². The number of nitrogens with zero attached hydrogens (tertiary/aromatic N) is 1. The lowest BCUT2D eigenvalue weighted by Gasteiger charge is -2.07. The molecule has 0 unspecified atom stereocenters. The Morgan fingerprint density at radius 1 is 1.08 bits per heavy atom. The number of amides is 1. The quantitative estimate of drug-likeness (QED) is 0.719. The highest BCUT2D eigenvalue weighted by atomic mass is 32.1. The van der Waals surface area contributed by atoms with E-state index in [0.29, 0.717) is 16.4 Å². The van der Waals surface area contributed by atoms with Gasteiger partial charge in [-0.05, 0) is 50.1 Å². The molecule has 0 radical (unpaired) electrons. The number of hydrogen-bond acceptors (Lipinski definition) is 4. The maximum Gasteiger partial charge on any atom is 0.261 e. The van der Waals surface area contributed by atoms with Crippen LogP contribution in [0.4, 0.5) is 5.13 Å². The van der Waals surface area contributed by atoms with Crippen LogP contribution in [0.1, 0.15) is 26.4 Å². The zero-order valence-electron chi connectivity index (χ0n) is 14.7. The summed E-state index contributed by atoms with van der Waals surface area (Å²) in [7, 11) is 1.55. The van der Waals surface area contributed by atoms with E-state index in [1.54, 1.807) is 19.2 Å². The Morgan fingerprint density at radius 2 is 1.84 bits per heavy atom. The molecule has 1 amide bonds. The van der Waals surface area contributed by atoms with Gasteiger partial charge in [0.05, 0.1) is 18.4 Å². The summed E-state index contributed by atoms with van der Waals surface area (Å²) in [6, 6.07) is 13.4. The molecule has 3 aromatic rings. The molecule has 0 atom stereocenters. The van der Waals surface area contributed by atoms with Gasteiger partial charge < -0.3 is 4.74 Å². The fraction of sp³-hybridized carbons (Fsp3) is 0.200. The summed E-state index contributed by atoms with van der Waals surface area (Å²) in [5.74, 6) is 0.320. The van der Waals surface area contributed by atoms with Crippen LogP contribution in [-0.4, -0.2) is 18.0 Å². The Labute approximate surface area is 151 Å². The van der Waals surface area contributed by atoms with Crippen molar-refractivity contribution in [3.05, 3.63) is 64.0 Å². The van der Waals surface area contributed by atoms with Crippen molar-refractivity contribution in [2.24, 2.45) is 0 Å². The third kappa shape index (κ3) is 3.56. The van der Waals surface area contributed by atoms with Crippen molar-refractivity contribution in [2.45, 2.75) is 20.8 Å². The first kappa shape index (κ1) is 17.2. The number of hydrogen-bond donors (Lipinski definition) is 1. The molecule has 1 aromatic heterocycles. The zero-order chi connectivity index (χ0) is 18.0. The van der Waals surface area contributed by atoms with Crippen LogP contribution in [-0.2, 0) is 0 Å². The lowest BCUT2D eigenvalue weighted by atomic mass is 10.0. The van der Waals surface area contributed by atoms with Gasteiger partial charge in [0.15, 0.2) is 5.13 Å². The topological polar surface area (TPSA) is 51.2 Å². The van der Waals surface area contributed by atoms with Gasteiger partial charge in [-0.3, -0.25) is 10.1 Å². The second-order valence-electron chi connectivity index (χ2n) is 5.88. The first-order valence-electron chi connectivity index (χ1n) is 7.99. The number of rotatable bonds is 4. The molecule has 5 heteroatoms. The Balaban J connectivity index is 1.87. The Hall–Kier alpha value is -2.66. The number of thiazole rings is 1. The second kappa shape index (κ2) is 7.07. The minimum Gasteiger partial charge on any atom is -0.496 e. The molecule has 1 heterocycles. The summed E-state index contributed by atoms with van der Waals surface area (Å²) in [4.78, 5) is 18.2. The van der Waals surface area contributed by atoms with Gasteiger partial charge in [-0.2, -0.15) is 0 Å². The summed E-state index contributed by atoms with van der Waals surface area (Å²) in [6.07, 6.45) is 0. The highest BCUT2D eigenvalue weighted by Gasteiger charge is 2.16. The van der Waals surface area contributed by atoms with Gasteiger partial charge in [0.1, 0.15) is 5.75 Å². The highest BCUT2D eigenvalue weighted by Crippen LogP contribution is 2.32. The first-order valence-corrected chi connectivity index (χ1v) is 8.80. The van der Waals surface area contributed by atoms with E-state index in [4.69, 9.17) is 4.74 Å². The van der Waals surface area contributed by atoms with Crippen molar-refractivity contribution in [3.8, 4) is 17.0 Å². The largest absolute Gasteiger partial charge is 0.496 e. The van der Waals surface area contributed by atoms with Gasteiger partial charge in [-0.1, -0.05) is 24.3 Å². The highest BCUT2D eigenvalue weighted by molar-refractivity contribution is 7.16. The van der Waals surface area contributed by atoms with E-state index in [9.17, 15) is 4.79 Å². The number of carbonyl (C=O) groups is 1. The fourth-order valence-corrected chi connectivity index (χ4v) is 3.43. The molecule has 128 valence electrons. The molecular weight excluding hydrogens is 332 g/mol. The van der Waals surface area contributed by atoms with Crippen LogP contribution in [0.25, 0.3) is 11.3 Å². The summed E-state index contributed by atoms with van der Waals surface area (Å²) < 4.78 is 5.25. The fourth-order valence-electron chi connectivity index (χ4n) is 2.60. The second-order valence-corrected chi connectivity index (χ2v) is 7.08. The molecule has 0 aliphatic carbocycles. The number of nitrogens with one attached hydrogen (secondary N) is 1. The number of methoxy groups -OCH3 is 1. The van der Waals surface area contributed by atoms with E-state index < -0.39 is 0 Å². The molecule has 3 rings (SSSR count). The third-order valence-electron chi connectivity index (χ3n) is 4.15. The molecule has 0 fully saturated rings. The van der Waals surface area contributed by atoms with Gasteiger partial charge in [0, 0.05) is 10.4 Å². The predicted octanol–water partition coefficient (Wildman–Crippen LogP) is 5.00. The van der Waals surface area contributed by atoms with Crippen molar-refractivity contribution < 1.29 is 9.53 Å². The average molecular weight is 352 g/mol. The van der Waals surface area contributed by atoms with Crippen molar-refractivity contribution >= 4 is 22.4 Å². The molecule has 0 bridgehead atoms. The normalized spacial score (nSPS) is 10.6. The van der Waals surface area contributed by atoms with E-state index in [1.165, 1.54) is 22.5 Å². The van der Waals surface area contributed by atoms with Crippen LogP contribution in [0.3, 0.4) is 0 Å². The van der Waals surface area contributed by atoms with Crippen molar-refractivity contribution in [1.82, 2.24) is 4.98 Å². The van der Waals surface area contributed by atoms with Gasteiger partial charge >= 0.3 is 0 Å². The molecule has 2 aromatic carbocycles. The predicted molar refractivity (Wildman–Crippen MR) is 103 cm³/mol. The van der Waals surface area contributed by atoms with Crippen LogP contribution < -0.4 is 10.1 Å². The minimum absolute atomic E-state index is 0.224. The van der Waals surface area contributed by atoms with E-state index >= 15 is 0 Å². The number of aromatic nitrogens is 1. The number of carbonyl (C=O) groups excluding carboxylic acids is 1. The molecule has 1 N–H and O–H groups in total. The lowest BCUT2D eigenvalue weighted by Crippen LogP contribution is -2.12. The SMILES string of the molecule is COc1ccccc1C(=O)Nc1nc(-c2ccc(C)c(C)c2)c(C)s1. The number of para-hydroxylation sites is 1. The van der Waals surface area contributed by atoms with Crippen LogP contribution >= 0.6 is 11.3 Å². The molecule has 25 heavy (non-hydrogen) atoms. The monoisotopic (exact) mass is 352 g/mol. The van der Waals surface area contributed by atoms with E-state index in [0.717, 1.165) is 16.1 Å². The number of aryl methyl sites for hydroxylation is 3. The molecule has 0 saturated heterocycles. The van der Waals surface area contributed by atoms with Crippen molar-refractivity contribution in [3.63, 3.8) is 0 Å². The Morgan fingerprint density at radius 3 is 2.56 bits per heavy atom.